The molecule has 0 fully saturated rings. The van der Waals surface area contributed by atoms with Gasteiger partial charge < -0.3 is 0 Å². The van der Waals surface area contributed by atoms with Gasteiger partial charge in [-0.25, -0.2) is 5.43 Å². The standard InChI is InChI=1S/C24H20BrN5OS/c1-17(18-8-4-2-5-9-18)26-27-22(31)16-32-24-29-28-23(19-12-14-20(25)15-13-19)30(24)21-10-6-3-7-11-21/h2-15H,16H2,1H3,(H,27,31)/b26-17-. The number of benzene rings is 3. The number of amides is 1. The highest BCUT2D eigenvalue weighted by Gasteiger charge is 2.17. The summed E-state index contributed by atoms with van der Waals surface area (Å²) in [6, 6.07) is 27.5. The molecule has 1 heterocycles. The molecule has 0 spiro atoms. The summed E-state index contributed by atoms with van der Waals surface area (Å²) >= 11 is 4.78. The van der Waals surface area contributed by atoms with E-state index in [4.69, 9.17) is 0 Å². The van der Waals surface area contributed by atoms with Crippen LogP contribution in [0.5, 0.6) is 0 Å². The maximum atomic E-state index is 12.4. The lowest BCUT2D eigenvalue weighted by atomic mass is 10.1. The van der Waals surface area contributed by atoms with Crippen LogP contribution in [0.3, 0.4) is 0 Å². The maximum Gasteiger partial charge on any atom is 0.250 e. The van der Waals surface area contributed by atoms with E-state index < -0.39 is 0 Å². The maximum absolute atomic E-state index is 12.4. The molecule has 0 unspecified atom stereocenters. The average molecular weight is 506 g/mol. The first kappa shape index (κ1) is 22.0. The first-order valence-corrected chi connectivity index (χ1v) is 11.7. The third-order valence-corrected chi connectivity index (χ3v) is 6.08. The van der Waals surface area contributed by atoms with Crippen LogP contribution < -0.4 is 5.43 Å². The molecular weight excluding hydrogens is 486 g/mol. The lowest BCUT2D eigenvalue weighted by Gasteiger charge is -2.10. The molecule has 0 saturated carbocycles. The zero-order chi connectivity index (χ0) is 22.3. The molecule has 3 aromatic carbocycles. The predicted octanol–water partition coefficient (Wildman–Crippen LogP) is 5.33. The van der Waals surface area contributed by atoms with Crippen LogP contribution in [0.2, 0.25) is 0 Å². The van der Waals surface area contributed by atoms with Crippen molar-refractivity contribution in [3.63, 3.8) is 0 Å². The van der Waals surface area contributed by atoms with E-state index in [1.807, 2.05) is 96.4 Å². The molecule has 160 valence electrons. The number of nitrogens with one attached hydrogen (secondary N) is 1. The summed E-state index contributed by atoms with van der Waals surface area (Å²) in [5, 5.41) is 13.6. The number of nitrogens with zero attached hydrogens (tertiary/aromatic N) is 4. The molecule has 8 heteroatoms. The Kier molecular flexibility index (Phi) is 7.14. The lowest BCUT2D eigenvalue weighted by Crippen LogP contribution is -2.21. The van der Waals surface area contributed by atoms with Crippen LogP contribution in [-0.4, -0.2) is 32.1 Å². The van der Waals surface area contributed by atoms with Crippen LogP contribution >= 0.6 is 27.7 Å². The topological polar surface area (TPSA) is 72.2 Å². The Morgan fingerprint density at radius 1 is 0.969 bits per heavy atom. The highest BCUT2D eigenvalue weighted by atomic mass is 79.9. The second-order valence-electron chi connectivity index (χ2n) is 6.87. The fraction of sp³-hybridized carbons (Fsp3) is 0.0833. The van der Waals surface area contributed by atoms with Gasteiger partial charge >= 0.3 is 0 Å². The van der Waals surface area contributed by atoms with Crippen molar-refractivity contribution < 1.29 is 4.79 Å². The zero-order valence-corrected chi connectivity index (χ0v) is 19.7. The normalized spacial score (nSPS) is 11.4. The van der Waals surface area contributed by atoms with E-state index in [1.165, 1.54) is 11.8 Å². The smallest absolute Gasteiger partial charge is 0.250 e. The first-order valence-electron chi connectivity index (χ1n) is 9.90. The van der Waals surface area contributed by atoms with E-state index in [0.717, 1.165) is 27.0 Å². The highest BCUT2D eigenvalue weighted by molar-refractivity contribution is 9.10. The van der Waals surface area contributed by atoms with Gasteiger partial charge in [0.1, 0.15) is 0 Å². The molecule has 0 radical (unpaired) electrons. The van der Waals surface area contributed by atoms with Gasteiger partial charge in [-0.3, -0.25) is 9.36 Å². The van der Waals surface area contributed by atoms with Crippen molar-refractivity contribution in [2.45, 2.75) is 12.1 Å². The highest BCUT2D eigenvalue weighted by Crippen LogP contribution is 2.28. The Morgan fingerprint density at radius 3 is 2.31 bits per heavy atom. The quantitative estimate of drug-likeness (QED) is 0.209. The number of aromatic nitrogens is 3. The number of para-hydroxylation sites is 1. The predicted molar refractivity (Wildman–Crippen MR) is 132 cm³/mol. The van der Waals surface area contributed by atoms with Crippen LogP contribution in [0, 0.1) is 0 Å². The second-order valence-corrected chi connectivity index (χ2v) is 8.73. The fourth-order valence-electron chi connectivity index (χ4n) is 3.01. The first-order chi connectivity index (χ1) is 15.6. The number of rotatable bonds is 7. The van der Waals surface area contributed by atoms with Crippen molar-refractivity contribution in [2.24, 2.45) is 5.10 Å². The van der Waals surface area contributed by atoms with Crippen LogP contribution in [0.25, 0.3) is 17.1 Å². The summed E-state index contributed by atoms with van der Waals surface area (Å²) in [6.45, 7) is 1.86. The Labute approximate surface area is 198 Å². The molecule has 1 N–H and O–H groups in total. The molecule has 0 aliphatic carbocycles. The summed E-state index contributed by atoms with van der Waals surface area (Å²) in [7, 11) is 0. The van der Waals surface area contributed by atoms with E-state index in [2.05, 4.69) is 36.7 Å². The molecule has 4 rings (SSSR count). The van der Waals surface area contributed by atoms with Gasteiger partial charge in [0.15, 0.2) is 11.0 Å². The van der Waals surface area contributed by atoms with Crippen molar-refractivity contribution in [3.05, 3.63) is 95.0 Å². The fourth-order valence-corrected chi connectivity index (χ4v) is 4.02. The molecule has 0 aliphatic heterocycles. The number of hydrogen-bond donors (Lipinski definition) is 1. The number of hydrogen-bond acceptors (Lipinski definition) is 5. The molecular formula is C24H20BrN5OS. The largest absolute Gasteiger partial charge is 0.272 e. The summed E-state index contributed by atoms with van der Waals surface area (Å²) in [4.78, 5) is 12.4. The molecule has 1 amide bonds. The molecule has 0 saturated heterocycles. The second kappa shape index (κ2) is 10.4. The summed E-state index contributed by atoms with van der Waals surface area (Å²) in [5.74, 6) is 0.666. The molecule has 4 aromatic rings. The third kappa shape index (κ3) is 5.33. The zero-order valence-electron chi connectivity index (χ0n) is 17.3. The van der Waals surface area contributed by atoms with Crippen molar-refractivity contribution in [3.8, 4) is 17.1 Å². The number of hydrazone groups is 1. The van der Waals surface area contributed by atoms with Gasteiger partial charge in [-0.1, -0.05) is 88.4 Å². The van der Waals surface area contributed by atoms with Crippen molar-refractivity contribution in [1.82, 2.24) is 20.2 Å². The number of halogens is 1. The molecule has 32 heavy (non-hydrogen) atoms. The molecule has 0 aliphatic rings. The molecule has 1 aromatic heterocycles. The minimum atomic E-state index is -0.210. The number of carbonyl (C=O) groups is 1. The molecule has 0 atom stereocenters. The van der Waals surface area contributed by atoms with Gasteiger partial charge in [-0.2, -0.15) is 5.10 Å². The van der Waals surface area contributed by atoms with Gasteiger partial charge in [0.05, 0.1) is 11.5 Å². The third-order valence-electron chi connectivity index (χ3n) is 4.62. The Morgan fingerprint density at radius 2 is 1.62 bits per heavy atom. The Balaban J connectivity index is 1.52. The van der Waals surface area contributed by atoms with Crippen LogP contribution in [0.15, 0.2) is 99.7 Å². The Hall–Kier alpha value is -3.23. The minimum Gasteiger partial charge on any atom is -0.272 e. The Bertz CT molecular complexity index is 1220. The van der Waals surface area contributed by atoms with Crippen molar-refractivity contribution in [1.29, 1.82) is 0 Å². The van der Waals surface area contributed by atoms with E-state index in [9.17, 15) is 4.79 Å². The summed E-state index contributed by atoms with van der Waals surface area (Å²) < 4.78 is 2.95. The summed E-state index contributed by atoms with van der Waals surface area (Å²) in [5.41, 5.74) is 6.19. The molecule has 0 bridgehead atoms. The van der Waals surface area contributed by atoms with Gasteiger partial charge in [0.25, 0.3) is 5.91 Å². The van der Waals surface area contributed by atoms with Gasteiger partial charge in [-0.05, 0) is 36.8 Å². The molecule has 6 nitrogen and oxygen atoms in total. The lowest BCUT2D eigenvalue weighted by molar-refractivity contribution is -0.118. The average Bonchev–Trinajstić information content (AvgIpc) is 3.26. The van der Waals surface area contributed by atoms with Gasteiger partial charge in [0.2, 0.25) is 0 Å². The van der Waals surface area contributed by atoms with Crippen molar-refractivity contribution in [2.75, 3.05) is 5.75 Å². The summed E-state index contributed by atoms with van der Waals surface area (Å²) in [6.07, 6.45) is 0. The van der Waals surface area contributed by atoms with Crippen LogP contribution in [-0.2, 0) is 4.79 Å². The van der Waals surface area contributed by atoms with Crippen molar-refractivity contribution >= 4 is 39.3 Å². The van der Waals surface area contributed by atoms with E-state index in [1.54, 1.807) is 0 Å². The van der Waals surface area contributed by atoms with E-state index in [-0.39, 0.29) is 11.7 Å². The van der Waals surface area contributed by atoms with Crippen LogP contribution in [0.1, 0.15) is 12.5 Å². The van der Waals surface area contributed by atoms with Crippen LogP contribution in [0.4, 0.5) is 0 Å². The van der Waals surface area contributed by atoms with Gasteiger partial charge in [-0.15, -0.1) is 10.2 Å². The van der Waals surface area contributed by atoms with E-state index >= 15 is 0 Å². The van der Waals surface area contributed by atoms with E-state index in [0.29, 0.717) is 11.0 Å². The monoisotopic (exact) mass is 505 g/mol. The SMILES string of the molecule is C/C(=N/NC(=O)CSc1nnc(-c2ccc(Br)cc2)n1-c1ccccc1)c1ccccc1. The number of thioether (sulfide) groups is 1. The number of carbonyl (C=O) groups excluding carboxylic acids is 1. The van der Waals surface area contributed by atoms with Gasteiger partial charge in [0, 0.05) is 15.7 Å². The minimum absolute atomic E-state index is 0.164.